The van der Waals surface area contributed by atoms with Crippen molar-refractivity contribution in [3.8, 4) is 0 Å². The van der Waals surface area contributed by atoms with Gasteiger partial charge in [-0.15, -0.1) is 0 Å². The quantitative estimate of drug-likeness (QED) is 0.845. The van der Waals surface area contributed by atoms with Gasteiger partial charge in [0.25, 0.3) is 5.91 Å². The fourth-order valence-electron chi connectivity index (χ4n) is 2.99. The Morgan fingerprint density at radius 2 is 2.08 bits per heavy atom. The van der Waals surface area contributed by atoms with E-state index in [4.69, 9.17) is 5.11 Å². The number of hydrogen-bond donors (Lipinski definition) is 1. The lowest BCUT2D eigenvalue weighted by molar-refractivity contribution is -0.145. The first kappa shape index (κ1) is 18.4. The molecule has 0 saturated carbocycles. The monoisotopic (exact) mass is 396 g/mol. The minimum atomic E-state index is -1.04. The smallest absolute Gasteiger partial charge is 0.323 e. The molecule has 6 nitrogen and oxygen atoms in total. The molecule has 1 aromatic carbocycles. The van der Waals surface area contributed by atoms with Crippen molar-refractivity contribution in [2.45, 2.75) is 19.8 Å². The summed E-state index contributed by atoms with van der Waals surface area (Å²) in [5.41, 5.74) is 1.51. The maximum absolute atomic E-state index is 12.7. The van der Waals surface area contributed by atoms with Crippen LogP contribution in [-0.2, 0) is 9.59 Å². The Morgan fingerprint density at radius 3 is 2.71 bits per heavy atom. The first-order valence-corrected chi connectivity index (χ1v) is 8.61. The Labute approximate surface area is 149 Å². The second-order valence-corrected chi connectivity index (χ2v) is 7.05. The summed E-state index contributed by atoms with van der Waals surface area (Å²) in [5, 5.41) is 8.81. The average molecular weight is 397 g/mol. The van der Waals surface area contributed by atoms with Crippen LogP contribution in [0.3, 0.4) is 0 Å². The van der Waals surface area contributed by atoms with E-state index in [9.17, 15) is 14.4 Å². The highest BCUT2D eigenvalue weighted by Crippen LogP contribution is 2.23. The van der Waals surface area contributed by atoms with Gasteiger partial charge in [-0.25, -0.2) is 0 Å². The SMILES string of the molecule is Cc1cc(Br)ccc1C(=O)N1CCC[C@@H](C(=O)N(C)CC(=O)O)C1. The number of likely N-dealkylation sites (N-methyl/N-ethyl adjacent to an activating group) is 1. The summed E-state index contributed by atoms with van der Waals surface area (Å²) in [6, 6.07) is 5.50. The number of aryl methyl sites for hydroxylation is 1. The number of carbonyl (C=O) groups excluding carboxylic acids is 2. The Morgan fingerprint density at radius 1 is 1.38 bits per heavy atom. The maximum atomic E-state index is 12.7. The summed E-state index contributed by atoms with van der Waals surface area (Å²) < 4.78 is 0.915. The Balaban J connectivity index is 2.08. The third kappa shape index (κ3) is 4.35. The highest BCUT2D eigenvalue weighted by atomic mass is 79.9. The molecule has 1 saturated heterocycles. The van der Waals surface area contributed by atoms with Crippen molar-refractivity contribution in [2.75, 3.05) is 26.7 Å². The zero-order chi connectivity index (χ0) is 17.9. The van der Waals surface area contributed by atoms with Crippen LogP contribution in [-0.4, -0.2) is 59.4 Å². The van der Waals surface area contributed by atoms with Crippen molar-refractivity contribution in [3.05, 3.63) is 33.8 Å². The molecule has 0 spiro atoms. The highest BCUT2D eigenvalue weighted by Gasteiger charge is 2.31. The molecule has 0 aliphatic carbocycles. The number of rotatable bonds is 4. The van der Waals surface area contributed by atoms with E-state index in [2.05, 4.69) is 15.9 Å². The molecule has 2 rings (SSSR count). The predicted molar refractivity (Wildman–Crippen MR) is 92.8 cm³/mol. The molecule has 0 unspecified atom stereocenters. The zero-order valence-electron chi connectivity index (χ0n) is 13.8. The molecular weight excluding hydrogens is 376 g/mol. The molecule has 1 aliphatic rings. The second kappa shape index (κ2) is 7.79. The van der Waals surface area contributed by atoms with Gasteiger partial charge in [-0.3, -0.25) is 14.4 Å². The Hall–Kier alpha value is -1.89. The molecule has 1 N–H and O–H groups in total. The van der Waals surface area contributed by atoms with E-state index >= 15 is 0 Å². The van der Waals surface area contributed by atoms with E-state index in [0.29, 0.717) is 25.1 Å². The van der Waals surface area contributed by atoms with Crippen LogP contribution < -0.4 is 0 Å². The molecule has 24 heavy (non-hydrogen) atoms. The third-order valence-corrected chi connectivity index (χ3v) is 4.72. The van der Waals surface area contributed by atoms with Crippen LogP contribution >= 0.6 is 15.9 Å². The van der Waals surface area contributed by atoms with Crippen molar-refractivity contribution in [1.29, 1.82) is 0 Å². The minimum Gasteiger partial charge on any atom is -0.480 e. The normalized spacial score (nSPS) is 17.5. The van der Waals surface area contributed by atoms with Crippen molar-refractivity contribution >= 4 is 33.7 Å². The Kier molecular flexibility index (Phi) is 5.99. The summed E-state index contributed by atoms with van der Waals surface area (Å²) in [4.78, 5) is 38.8. The van der Waals surface area contributed by atoms with Crippen LogP contribution in [0.15, 0.2) is 22.7 Å². The van der Waals surface area contributed by atoms with Gasteiger partial charge in [0, 0.05) is 30.2 Å². The topological polar surface area (TPSA) is 77.9 Å². The molecule has 1 aliphatic heterocycles. The van der Waals surface area contributed by atoms with Crippen molar-refractivity contribution in [3.63, 3.8) is 0 Å². The fourth-order valence-corrected chi connectivity index (χ4v) is 3.47. The van der Waals surface area contributed by atoms with Crippen molar-refractivity contribution < 1.29 is 19.5 Å². The van der Waals surface area contributed by atoms with Gasteiger partial charge in [0.1, 0.15) is 6.54 Å². The second-order valence-electron chi connectivity index (χ2n) is 6.14. The summed E-state index contributed by atoms with van der Waals surface area (Å²) >= 11 is 3.38. The molecule has 1 atom stereocenters. The lowest BCUT2D eigenvalue weighted by Gasteiger charge is -2.34. The molecule has 1 heterocycles. The summed E-state index contributed by atoms with van der Waals surface area (Å²) in [6.07, 6.45) is 1.41. The number of carboxylic acids is 1. The van der Waals surface area contributed by atoms with Crippen LogP contribution in [0.4, 0.5) is 0 Å². The number of nitrogens with zero attached hydrogens (tertiary/aromatic N) is 2. The molecule has 2 amide bonds. The van der Waals surface area contributed by atoms with Crippen LogP contribution in [0, 0.1) is 12.8 Å². The fraction of sp³-hybridized carbons (Fsp3) is 0.471. The summed E-state index contributed by atoms with van der Waals surface area (Å²) in [5.74, 6) is -1.69. The van der Waals surface area contributed by atoms with Crippen molar-refractivity contribution in [1.82, 2.24) is 9.80 Å². The van der Waals surface area contributed by atoms with E-state index in [1.807, 2.05) is 19.1 Å². The van der Waals surface area contributed by atoms with Gasteiger partial charge in [0.05, 0.1) is 5.92 Å². The molecular formula is C17H21BrN2O4. The summed E-state index contributed by atoms with van der Waals surface area (Å²) in [7, 11) is 1.48. The van der Waals surface area contributed by atoms with E-state index in [1.165, 1.54) is 11.9 Å². The van der Waals surface area contributed by atoms with Gasteiger partial charge < -0.3 is 14.9 Å². The molecule has 0 bridgehead atoms. The van der Waals surface area contributed by atoms with Gasteiger partial charge >= 0.3 is 5.97 Å². The molecule has 7 heteroatoms. The van der Waals surface area contributed by atoms with E-state index in [-0.39, 0.29) is 24.3 Å². The number of amides is 2. The van der Waals surface area contributed by atoms with Gasteiger partial charge in [-0.1, -0.05) is 15.9 Å². The van der Waals surface area contributed by atoms with Gasteiger partial charge in [0.2, 0.25) is 5.91 Å². The largest absolute Gasteiger partial charge is 0.480 e. The van der Waals surface area contributed by atoms with Gasteiger partial charge in [-0.2, -0.15) is 0 Å². The van der Waals surface area contributed by atoms with E-state index < -0.39 is 5.97 Å². The predicted octanol–water partition coefficient (Wildman–Crippen LogP) is 2.15. The van der Waals surface area contributed by atoms with Crippen LogP contribution in [0.5, 0.6) is 0 Å². The number of aliphatic carboxylic acids is 1. The van der Waals surface area contributed by atoms with Crippen molar-refractivity contribution in [2.24, 2.45) is 5.92 Å². The number of carboxylic acid groups (broad SMARTS) is 1. The molecule has 0 aromatic heterocycles. The van der Waals surface area contributed by atoms with Gasteiger partial charge in [-0.05, 0) is 43.5 Å². The van der Waals surface area contributed by atoms with E-state index in [1.54, 1.807) is 11.0 Å². The lowest BCUT2D eigenvalue weighted by Crippen LogP contribution is -2.46. The molecule has 1 fully saturated rings. The van der Waals surface area contributed by atoms with Crippen LogP contribution in [0.2, 0.25) is 0 Å². The molecule has 130 valence electrons. The average Bonchev–Trinajstić information content (AvgIpc) is 2.53. The first-order valence-electron chi connectivity index (χ1n) is 7.81. The lowest BCUT2D eigenvalue weighted by atomic mass is 9.95. The maximum Gasteiger partial charge on any atom is 0.323 e. The molecule has 0 radical (unpaired) electrons. The van der Waals surface area contributed by atoms with Crippen LogP contribution in [0.25, 0.3) is 0 Å². The number of carbonyl (C=O) groups is 3. The van der Waals surface area contributed by atoms with Crippen LogP contribution in [0.1, 0.15) is 28.8 Å². The molecule has 1 aromatic rings. The standard InChI is InChI=1S/C17H21BrN2O4/c1-11-8-13(18)5-6-14(11)17(24)20-7-3-4-12(9-20)16(23)19(2)10-15(21)22/h5-6,8,12H,3-4,7,9-10H2,1-2H3,(H,21,22)/t12-/m1/s1. The number of likely N-dealkylation sites (tertiary alicyclic amines) is 1. The number of piperidine rings is 1. The number of benzene rings is 1. The summed E-state index contributed by atoms with van der Waals surface area (Å²) in [6.45, 7) is 2.50. The number of halogens is 1. The first-order chi connectivity index (χ1) is 11.3. The minimum absolute atomic E-state index is 0.0848. The Bertz CT molecular complexity index is 662. The van der Waals surface area contributed by atoms with Gasteiger partial charge in [0.15, 0.2) is 0 Å². The van der Waals surface area contributed by atoms with E-state index in [0.717, 1.165) is 16.5 Å². The highest BCUT2D eigenvalue weighted by molar-refractivity contribution is 9.10. The third-order valence-electron chi connectivity index (χ3n) is 4.23. The number of hydrogen-bond acceptors (Lipinski definition) is 3. The zero-order valence-corrected chi connectivity index (χ0v) is 15.4.